The van der Waals surface area contributed by atoms with Gasteiger partial charge in [-0.25, -0.2) is 4.98 Å². The number of nitrogens with one attached hydrogen (secondary N) is 2. The second-order valence-electron chi connectivity index (χ2n) is 5.70. The van der Waals surface area contributed by atoms with Gasteiger partial charge in [0.1, 0.15) is 5.75 Å². The minimum absolute atomic E-state index is 0.187. The molecule has 0 saturated carbocycles. The van der Waals surface area contributed by atoms with Crippen molar-refractivity contribution in [2.24, 2.45) is 0 Å². The van der Waals surface area contributed by atoms with Crippen LogP contribution in [-0.2, 0) is 0 Å². The summed E-state index contributed by atoms with van der Waals surface area (Å²) in [5.41, 5.74) is 3.50. The zero-order valence-corrected chi connectivity index (χ0v) is 15.0. The number of thiazole rings is 1. The predicted octanol–water partition coefficient (Wildman–Crippen LogP) is 4.94. The molecule has 6 heteroatoms. The number of rotatable bonds is 5. The summed E-state index contributed by atoms with van der Waals surface area (Å²) in [6.45, 7) is 2.52. The number of nitrogens with zero attached hydrogens (tertiary/aromatic N) is 1. The van der Waals surface area contributed by atoms with Crippen LogP contribution in [0, 0.1) is 0 Å². The molecule has 0 atom stereocenters. The molecule has 0 aliphatic carbocycles. The zero-order chi connectivity index (χ0) is 17.9. The molecule has 0 aliphatic rings. The van der Waals surface area contributed by atoms with Gasteiger partial charge < -0.3 is 9.72 Å². The molecule has 5 nitrogen and oxygen atoms in total. The number of hydrogen-bond donors (Lipinski definition) is 2. The number of fused-ring (bicyclic) bond motifs is 1. The van der Waals surface area contributed by atoms with Crippen LogP contribution in [-0.4, -0.2) is 22.5 Å². The normalized spacial score (nSPS) is 10.8. The van der Waals surface area contributed by atoms with E-state index < -0.39 is 0 Å². The number of para-hydroxylation sites is 1. The summed E-state index contributed by atoms with van der Waals surface area (Å²) in [6, 6.07) is 15.1. The highest BCUT2D eigenvalue weighted by molar-refractivity contribution is 7.14. The van der Waals surface area contributed by atoms with Crippen LogP contribution < -0.4 is 10.1 Å². The summed E-state index contributed by atoms with van der Waals surface area (Å²) in [5, 5.41) is 6.49. The quantitative estimate of drug-likeness (QED) is 0.528. The Labute approximate surface area is 154 Å². The number of anilines is 1. The number of amides is 1. The lowest BCUT2D eigenvalue weighted by Gasteiger charge is -2.04. The standard InChI is InChI=1S/C20H17N3O2S/c1-2-25-14-9-7-13(8-10-14)19(24)23-20-22-18(12-26-20)16-11-21-17-6-4-3-5-15(16)17/h3-12,21H,2H2,1H3,(H,22,23,24). The number of carbonyl (C=O) groups excluding carboxylic acids is 1. The maximum absolute atomic E-state index is 12.4. The number of hydrogen-bond acceptors (Lipinski definition) is 4. The molecule has 0 spiro atoms. The van der Waals surface area contributed by atoms with E-state index in [9.17, 15) is 4.79 Å². The number of benzene rings is 2. The fraction of sp³-hybridized carbons (Fsp3) is 0.100. The maximum Gasteiger partial charge on any atom is 0.257 e. The smallest absolute Gasteiger partial charge is 0.257 e. The van der Waals surface area contributed by atoms with Crippen LogP contribution in [0.1, 0.15) is 17.3 Å². The molecule has 0 unspecified atom stereocenters. The first kappa shape index (κ1) is 16.4. The second-order valence-corrected chi connectivity index (χ2v) is 6.56. The Morgan fingerprint density at radius 2 is 2.00 bits per heavy atom. The van der Waals surface area contributed by atoms with Crippen LogP contribution in [0.15, 0.2) is 60.1 Å². The lowest BCUT2D eigenvalue weighted by atomic mass is 10.1. The molecule has 0 fully saturated rings. The molecule has 130 valence electrons. The molecular weight excluding hydrogens is 346 g/mol. The van der Waals surface area contributed by atoms with Gasteiger partial charge in [0.2, 0.25) is 0 Å². The van der Waals surface area contributed by atoms with Crippen LogP contribution in [0.25, 0.3) is 22.2 Å². The largest absolute Gasteiger partial charge is 0.494 e. The van der Waals surface area contributed by atoms with Gasteiger partial charge in [-0.05, 0) is 37.3 Å². The van der Waals surface area contributed by atoms with Crippen LogP contribution in [0.2, 0.25) is 0 Å². The average molecular weight is 363 g/mol. The summed E-state index contributed by atoms with van der Waals surface area (Å²) in [4.78, 5) is 20.2. The molecule has 2 aromatic heterocycles. The van der Waals surface area contributed by atoms with Crippen molar-refractivity contribution in [3.05, 3.63) is 65.7 Å². The Kier molecular flexibility index (Phi) is 4.41. The molecule has 1 amide bonds. The summed E-state index contributed by atoms with van der Waals surface area (Å²) >= 11 is 1.41. The second kappa shape index (κ2) is 7.01. The van der Waals surface area contributed by atoms with Gasteiger partial charge in [0, 0.05) is 33.6 Å². The minimum atomic E-state index is -0.187. The third-order valence-corrected chi connectivity index (χ3v) is 4.78. The van der Waals surface area contributed by atoms with Crippen molar-refractivity contribution in [1.29, 1.82) is 0 Å². The molecule has 0 aliphatic heterocycles. The molecule has 4 aromatic rings. The van der Waals surface area contributed by atoms with Crippen molar-refractivity contribution in [3.63, 3.8) is 0 Å². The van der Waals surface area contributed by atoms with Gasteiger partial charge in [-0.3, -0.25) is 10.1 Å². The van der Waals surface area contributed by atoms with E-state index in [4.69, 9.17) is 4.74 Å². The number of H-pyrrole nitrogens is 1. The Morgan fingerprint density at radius 3 is 2.81 bits per heavy atom. The SMILES string of the molecule is CCOc1ccc(C(=O)Nc2nc(-c3c[nH]c4ccccc34)cs2)cc1. The first-order valence-electron chi connectivity index (χ1n) is 8.31. The van der Waals surface area contributed by atoms with E-state index in [2.05, 4.69) is 21.4 Å². The maximum atomic E-state index is 12.4. The molecular formula is C20H17N3O2S. The number of carbonyl (C=O) groups is 1. The number of aromatic nitrogens is 2. The van der Waals surface area contributed by atoms with Gasteiger partial charge in [-0.15, -0.1) is 11.3 Å². The molecule has 2 heterocycles. The van der Waals surface area contributed by atoms with E-state index in [1.807, 2.05) is 36.7 Å². The Hall–Kier alpha value is -3.12. The average Bonchev–Trinajstić information content (AvgIpc) is 3.29. The van der Waals surface area contributed by atoms with Crippen LogP contribution in [0.3, 0.4) is 0 Å². The van der Waals surface area contributed by atoms with Crippen LogP contribution >= 0.6 is 11.3 Å². The highest BCUT2D eigenvalue weighted by Gasteiger charge is 2.12. The van der Waals surface area contributed by atoms with Crippen LogP contribution in [0.4, 0.5) is 5.13 Å². The minimum Gasteiger partial charge on any atom is -0.494 e. The van der Waals surface area contributed by atoms with E-state index in [1.165, 1.54) is 11.3 Å². The van der Waals surface area contributed by atoms with Gasteiger partial charge >= 0.3 is 0 Å². The third kappa shape index (κ3) is 3.19. The predicted molar refractivity (Wildman–Crippen MR) is 105 cm³/mol. The van der Waals surface area contributed by atoms with Gasteiger partial charge in [-0.1, -0.05) is 18.2 Å². The Balaban J connectivity index is 1.52. The summed E-state index contributed by atoms with van der Waals surface area (Å²) in [6.07, 6.45) is 1.94. The molecule has 26 heavy (non-hydrogen) atoms. The molecule has 0 saturated heterocycles. The van der Waals surface area contributed by atoms with E-state index in [0.717, 1.165) is 27.9 Å². The topological polar surface area (TPSA) is 67.0 Å². The van der Waals surface area contributed by atoms with Gasteiger partial charge in [0.15, 0.2) is 5.13 Å². The van der Waals surface area contributed by atoms with Gasteiger partial charge in [0.25, 0.3) is 5.91 Å². The first-order chi connectivity index (χ1) is 12.7. The summed E-state index contributed by atoms with van der Waals surface area (Å²) < 4.78 is 5.39. The van der Waals surface area contributed by atoms with E-state index >= 15 is 0 Å². The third-order valence-electron chi connectivity index (χ3n) is 4.02. The summed E-state index contributed by atoms with van der Waals surface area (Å²) in [7, 11) is 0. The van der Waals surface area contributed by atoms with Crippen molar-refractivity contribution in [2.45, 2.75) is 6.92 Å². The van der Waals surface area contributed by atoms with E-state index in [-0.39, 0.29) is 5.91 Å². The Bertz CT molecular complexity index is 1050. The zero-order valence-electron chi connectivity index (χ0n) is 14.2. The number of ether oxygens (including phenoxy) is 1. The van der Waals surface area contributed by atoms with Crippen molar-refractivity contribution in [3.8, 4) is 17.0 Å². The highest BCUT2D eigenvalue weighted by Crippen LogP contribution is 2.31. The first-order valence-corrected chi connectivity index (χ1v) is 9.19. The molecule has 2 aromatic carbocycles. The lowest BCUT2D eigenvalue weighted by Crippen LogP contribution is -2.11. The lowest BCUT2D eigenvalue weighted by molar-refractivity contribution is 0.102. The Morgan fingerprint density at radius 1 is 1.19 bits per heavy atom. The fourth-order valence-electron chi connectivity index (χ4n) is 2.78. The van der Waals surface area contributed by atoms with Crippen molar-refractivity contribution >= 4 is 33.3 Å². The summed E-state index contributed by atoms with van der Waals surface area (Å²) in [5.74, 6) is 0.563. The molecule has 0 bridgehead atoms. The van der Waals surface area contributed by atoms with Gasteiger partial charge in [0.05, 0.1) is 12.3 Å². The van der Waals surface area contributed by atoms with Crippen molar-refractivity contribution in [1.82, 2.24) is 9.97 Å². The van der Waals surface area contributed by atoms with Crippen LogP contribution in [0.5, 0.6) is 5.75 Å². The molecule has 4 rings (SSSR count). The highest BCUT2D eigenvalue weighted by atomic mass is 32.1. The van der Waals surface area contributed by atoms with Crippen molar-refractivity contribution < 1.29 is 9.53 Å². The monoisotopic (exact) mass is 363 g/mol. The van der Waals surface area contributed by atoms with Crippen molar-refractivity contribution in [2.75, 3.05) is 11.9 Å². The molecule has 0 radical (unpaired) electrons. The van der Waals surface area contributed by atoms with E-state index in [0.29, 0.717) is 17.3 Å². The number of aromatic amines is 1. The fourth-order valence-corrected chi connectivity index (χ4v) is 3.48. The van der Waals surface area contributed by atoms with E-state index in [1.54, 1.807) is 24.3 Å². The van der Waals surface area contributed by atoms with Gasteiger partial charge in [-0.2, -0.15) is 0 Å². The molecule has 2 N–H and O–H groups in total.